The molecule has 1 saturated carbocycles. The van der Waals surface area contributed by atoms with Crippen molar-refractivity contribution in [3.63, 3.8) is 0 Å². The molecule has 11 heteroatoms. The maximum absolute atomic E-state index is 12.9. The molecule has 0 radical (unpaired) electrons. The summed E-state index contributed by atoms with van der Waals surface area (Å²) in [6.07, 6.45) is 2.43. The van der Waals surface area contributed by atoms with Gasteiger partial charge >= 0.3 is 6.09 Å². The van der Waals surface area contributed by atoms with E-state index >= 15 is 0 Å². The topological polar surface area (TPSA) is 165 Å². The van der Waals surface area contributed by atoms with Crippen LogP contribution in [0.5, 0.6) is 0 Å². The van der Waals surface area contributed by atoms with E-state index in [9.17, 15) is 19.5 Å². The molecule has 1 aliphatic carbocycles. The summed E-state index contributed by atoms with van der Waals surface area (Å²) in [5.74, 6) is -1.96. The predicted octanol–water partition coefficient (Wildman–Crippen LogP) is 0.776. The number of nitrogens with one attached hydrogen (secondary N) is 2. The van der Waals surface area contributed by atoms with E-state index in [4.69, 9.17) is 24.7 Å². The van der Waals surface area contributed by atoms with Crippen molar-refractivity contribution in [2.24, 2.45) is 17.6 Å². The van der Waals surface area contributed by atoms with Crippen molar-refractivity contribution >= 4 is 17.9 Å². The van der Waals surface area contributed by atoms with E-state index in [1.807, 2.05) is 0 Å². The number of amides is 3. The van der Waals surface area contributed by atoms with E-state index in [1.54, 1.807) is 21.0 Å². The van der Waals surface area contributed by atoms with Crippen molar-refractivity contribution in [1.29, 1.82) is 0 Å². The molecule has 3 fully saturated rings. The fourth-order valence-electron chi connectivity index (χ4n) is 5.37. The molecule has 8 unspecified atom stereocenters. The molecule has 0 aromatic heterocycles. The molecule has 5 N–H and O–H groups in total. The first-order chi connectivity index (χ1) is 16.9. The van der Waals surface area contributed by atoms with Gasteiger partial charge in [-0.2, -0.15) is 0 Å². The fraction of sp³-hybridized carbons (Fsp3) is 0.800. The summed E-state index contributed by atoms with van der Waals surface area (Å²) in [6, 6.07) is -2.25. The third kappa shape index (κ3) is 6.01. The number of nitrogens with two attached hydrogens (primary N) is 1. The van der Waals surface area contributed by atoms with Gasteiger partial charge in [-0.05, 0) is 46.0 Å². The molecule has 2 aliphatic heterocycles. The lowest BCUT2D eigenvalue weighted by Crippen LogP contribution is -2.58. The molecule has 36 heavy (non-hydrogen) atoms. The molecule has 1 spiro atoms. The molecule has 3 amide bonds. The maximum atomic E-state index is 12.9. The minimum Gasteiger partial charge on any atom is -0.443 e. The number of ether oxygens (including phenoxy) is 4. The lowest BCUT2D eigenvalue weighted by atomic mass is 9.68. The van der Waals surface area contributed by atoms with Crippen LogP contribution in [0, 0.1) is 11.8 Å². The number of rotatable bonds is 11. The summed E-state index contributed by atoms with van der Waals surface area (Å²) in [7, 11) is 1.59. The first-order valence-corrected chi connectivity index (χ1v) is 12.5. The van der Waals surface area contributed by atoms with Crippen molar-refractivity contribution in [1.82, 2.24) is 10.6 Å². The number of primary amides is 1. The largest absolute Gasteiger partial charge is 0.443 e. The number of aliphatic hydroxyl groups excluding tert-OH is 1. The molecule has 2 saturated heterocycles. The molecular formula is C25H41N3O8. The Labute approximate surface area is 212 Å². The Balaban J connectivity index is 1.68. The van der Waals surface area contributed by atoms with Crippen LogP contribution in [0.25, 0.3) is 0 Å². The van der Waals surface area contributed by atoms with Gasteiger partial charge in [0, 0.05) is 7.11 Å². The van der Waals surface area contributed by atoms with Gasteiger partial charge in [-0.3, -0.25) is 9.59 Å². The normalized spacial score (nSPS) is 34.4. The number of hydrogen-bond donors (Lipinski definition) is 4. The van der Waals surface area contributed by atoms with Crippen LogP contribution in [-0.2, 0) is 28.5 Å². The SMILES string of the molecule is COC1C(OC(=O)NC(C(=O)NC(CO)C(N)=O)C(C)C)CCC2(CO2)C1C1(C)OC1CC=C(C)C. The van der Waals surface area contributed by atoms with Gasteiger partial charge < -0.3 is 40.4 Å². The number of carbonyl (C=O) groups is 3. The standard InChI is InChI=1S/C25H41N3O8/c1-13(2)7-8-17-24(5,36-17)20-19(33-6)16(9-10-25(20)12-34-25)35-23(32)28-18(14(3)4)22(31)27-15(11-29)21(26)30/h7,14-20,29H,8-12H2,1-6H3,(H2,26,30)(H,27,31)(H,28,32). The Morgan fingerprint density at radius 2 is 1.92 bits per heavy atom. The molecule has 11 nitrogen and oxygen atoms in total. The summed E-state index contributed by atoms with van der Waals surface area (Å²) in [5, 5.41) is 14.2. The monoisotopic (exact) mass is 511 g/mol. The average Bonchev–Trinajstić information content (AvgIpc) is 3.72. The van der Waals surface area contributed by atoms with E-state index in [1.165, 1.54) is 5.57 Å². The van der Waals surface area contributed by atoms with Crippen LogP contribution >= 0.6 is 0 Å². The van der Waals surface area contributed by atoms with Crippen LogP contribution < -0.4 is 16.4 Å². The van der Waals surface area contributed by atoms with Gasteiger partial charge in [0.25, 0.3) is 0 Å². The van der Waals surface area contributed by atoms with Crippen LogP contribution in [0.1, 0.15) is 53.9 Å². The fourth-order valence-corrected chi connectivity index (χ4v) is 5.37. The number of carbonyl (C=O) groups excluding carboxylic acids is 3. The van der Waals surface area contributed by atoms with E-state index in [0.717, 1.165) is 6.42 Å². The van der Waals surface area contributed by atoms with Crippen LogP contribution in [0.2, 0.25) is 0 Å². The van der Waals surface area contributed by atoms with Crippen molar-refractivity contribution in [2.75, 3.05) is 20.3 Å². The first-order valence-electron chi connectivity index (χ1n) is 12.5. The van der Waals surface area contributed by atoms with E-state index < -0.39 is 54.4 Å². The predicted molar refractivity (Wildman–Crippen MR) is 130 cm³/mol. The summed E-state index contributed by atoms with van der Waals surface area (Å²) in [4.78, 5) is 36.9. The Morgan fingerprint density at radius 1 is 1.25 bits per heavy atom. The highest BCUT2D eigenvalue weighted by molar-refractivity contribution is 5.90. The Hall–Kier alpha value is -2.21. The van der Waals surface area contributed by atoms with Crippen LogP contribution in [-0.4, -0.2) is 84.9 Å². The van der Waals surface area contributed by atoms with Gasteiger partial charge in [0.15, 0.2) is 0 Å². The second kappa shape index (κ2) is 11.0. The summed E-state index contributed by atoms with van der Waals surface area (Å²) < 4.78 is 23.8. The molecule has 0 aromatic rings. The quantitative estimate of drug-likeness (QED) is 0.233. The number of alkyl carbamates (subject to hydrolysis) is 1. The summed E-state index contributed by atoms with van der Waals surface area (Å²) in [6.45, 7) is 9.62. The number of hydrogen-bond acceptors (Lipinski definition) is 8. The minimum atomic E-state index is -1.25. The second-order valence-electron chi connectivity index (χ2n) is 10.8. The number of epoxide rings is 2. The zero-order valence-corrected chi connectivity index (χ0v) is 22.0. The Kier molecular flexibility index (Phi) is 8.70. The van der Waals surface area contributed by atoms with Crippen molar-refractivity contribution in [2.45, 2.75) is 95.5 Å². The van der Waals surface area contributed by atoms with Gasteiger partial charge in [0.1, 0.15) is 35.5 Å². The Morgan fingerprint density at radius 3 is 2.42 bits per heavy atom. The molecule has 8 atom stereocenters. The summed E-state index contributed by atoms with van der Waals surface area (Å²) in [5.41, 5.74) is 5.60. The molecule has 204 valence electrons. The summed E-state index contributed by atoms with van der Waals surface area (Å²) >= 11 is 0. The van der Waals surface area contributed by atoms with Crippen molar-refractivity contribution < 1.29 is 38.4 Å². The smallest absolute Gasteiger partial charge is 0.408 e. The van der Waals surface area contributed by atoms with Gasteiger partial charge in [0.05, 0.1) is 25.2 Å². The van der Waals surface area contributed by atoms with Crippen molar-refractivity contribution in [3.05, 3.63) is 11.6 Å². The maximum Gasteiger partial charge on any atom is 0.408 e. The highest BCUT2D eigenvalue weighted by atomic mass is 16.6. The molecule has 2 heterocycles. The van der Waals surface area contributed by atoms with E-state index in [2.05, 4.69) is 37.5 Å². The zero-order valence-electron chi connectivity index (χ0n) is 22.0. The molecule has 0 bridgehead atoms. The highest BCUT2D eigenvalue weighted by Gasteiger charge is 2.72. The molecular weight excluding hydrogens is 470 g/mol. The van der Waals surface area contributed by atoms with Crippen molar-refractivity contribution in [3.8, 4) is 0 Å². The van der Waals surface area contributed by atoms with Crippen LogP contribution in [0.3, 0.4) is 0 Å². The minimum absolute atomic E-state index is 0.0300. The van der Waals surface area contributed by atoms with Gasteiger partial charge in [-0.25, -0.2) is 4.79 Å². The molecule has 3 rings (SSSR count). The van der Waals surface area contributed by atoms with Crippen LogP contribution in [0.15, 0.2) is 11.6 Å². The highest BCUT2D eigenvalue weighted by Crippen LogP contribution is 2.59. The van der Waals surface area contributed by atoms with Gasteiger partial charge in [-0.15, -0.1) is 0 Å². The first kappa shape index (κ1) is 28.4. The zero-order chi connectivity index (χ0) is 26.8. The van der Waals surface area contributed by atoms with Crippen LogP contribution in [0.4, 0.5) is 4.79 Å². The number of methoxy groups -OCH3 is 1. The van der Waals surface area contributed by atoms with E-state index in [0.29, 0.717) is 19.4 Å². The van der Waals surface area contributed by atoms with E-state index in [-0.39, 0.29) is 23.5 Å². The molecule has 0 aromatic carbocycles. The number of aliphatic hydroxyl groups is 1. The average molecular weight is 512 g/mol. The Bertz CT molecular complexity index is 869. The second-order valence-corrected chi connectivity index (χ2v) is 10.8. The number of allylic oxidation sites excluding steroid dienone is 1. The molecule has 3 aliphatic rings. The third-order valence-electron chi connectivity index (χ3n) is 7.56. The lowest BCUT2D eigenvalue weighted by Gasteiger charge is -2.42. The van der Waals surface area contributed by atoms with Gasteiger partial charge in [0.2, 0.25) is 11.8 Å². The lowest BCUT2D eigenvalue weighted by molar-refractivity contribution is -0.130. The van der Waals surface area contributed by atoms with Gasteiger partial charge in [-0.1, -0.05) is 25.5 Å². The third-order valence-corrected chi connectivity index (χ3v) is 7.56.